The van der Waals surface area contributed by atoms with Gasteiger partial charge >= 0.3 is 0 Å². The van der Waals surface area contributed by atoms with Crippen LogP contribution in [0.25, 0.3) is 5.82 Å². The molecular formula is C14H17N5O. The van der Waals surface area contributed by atoms with Crippen LogP contribution in [0.2, 0.25) is 0 Å². The summed E-state index contributed by atoms with van der Waals surface area (Å²) in [5.41, 5.74) is 0.675. The van der Waals surface area contributed by atoms with Crippen molar-refractivity contribution < 1.29 is 4.79 Å². The lowest BCUT2D eigenvalue weighted by Crippen LogP contribution is -2.43. The molecule has 0 spiro atoms. The number of nitrogens with zero attached hydrogens (tertiary/aromatic N) is 3. The largest absolute Gasteiger partial charge is 0.322 e. The fourth-order valence-corrected chi connectivity index (χ4v) is 2.37. The van der Waals surface area contributed by atoms with Gasteiger partial charge in [-0.3, -0.25) is 4.79 Å². The van der Waals surface area contributed by atoms with Crippen molar-refractivity contribution in [1.29, 1.82) is 0 Å². The van der Waals surface area contributed by atoms with Crippen molar-refractivity contribution in [2.45, 2.75) is 25.3 Å². The monoisotopic (exact) mass is 271 g/mol. The third kappa shape index (κ3) is 2.70. The first kappa shape index (κ1) is 12.8. The molecule has 2 aromatic rings. The molecule has 6 nitrogen and oxygen atoms in total. The summed E-state index contributed by atoms with van der Waals surface area (Å²) in [7, 11) is 0. The third-order valence-corrected chi connectivity index (χ3v) is 3.39. The Morgan fingerprint density at radius 2 is 2.30 bits per heavy atom. The highest BCUT2D eigenvalue weighted by Gasteiger charge is 2.21. The van der Waals surface area contributed by atoms with E-state index in [0.717, 1.165) is 25.8 Å². The number of aromatic nitrogens is 3. The van der Waals surface area contributed by atoms with Gasteiger partial charge in [-0.25, -0.2) is 9.67 Å². The van der Waals surface area contributed by atoms with E-state index < -0.39 is 0 Å². The molecule has 0 bridgehead atoms. The van der Waals surface area contributed by atoms with Crippen LogP contribution in [-0.4, -0.2) is 33.3 Å². The van der Waals surface area contributed by atoms with Crippen molar-refractivity contribution in [3.63, 3.8) is 0 Å². The number of nitrogens with one attached hydrogen (secondary N) is 2. The fourth-order valence-electron chi connectivity index (χ4n) is 2.37. The summed E-state index contributed by atoms with van der Waals surface area (Å²) < 4.78 is 1.64. The van der Waals surface area contributed by atoms with Gasteiger partial charge in [0, 0.05) is 18.6 Å². The standard InChI is InChI=1S/C14H17N5O/c20-14(12-5-1-2-7-15-12)18-11-6-3-8-16-13(11)19-10-4-9-17-19/h3-4,6,8-10,12,15H,1-2,5,7H2,(H,18,20). The molecular weight excluding hydrogens is 254 g/mol. The number of anilines is 1. The number of piperidine rings is 1. The van der Waals surface area contributed by atoms with E-state index in [9.17, 15) is 4.79 Å². The lowest BCUT2D eigenvalue weighted by molar-refractivity contribution is -0.118. The maximum Gasteiger partial charge on any atom is 0.241 e. The minimum atomic E-state index is -0.116. The topological polar surface area (TPSA) is 71.8 Å². The first-order valence-corrected chi connectivity index (χ1v) is 6.84. The van der Waals surface area contributed by atoms with Gasteiger partial charge in [-0.2, -0.15) is 5.10 Å². The average Bonchev–Trinajstić information content (AvgIpc) is 3.03. The molecule has 104 valence electrons. The predicted molar refractivity (Wildman–Crippen MR) is 75.6 cm³/mol. The minimum absolute atomic E-state index is 0.00824. The van der Waals surface area contributed by atoms with E-state index in [4.69, 9.17) is 0 Å². The summed E-state index contributed by atoms with van der Waals surface area (Å²) in [4.78, 5) is 16.5. The van der Waals surface area contributed by atoms with Gasteiger partial charge in [-0.1, -0.05) is 6.42 Å². The molecule has 1 aliphatic rings. The van der Waals surface area contributed by atoms with Gasteiger partial charge in [-0.05, 0) is 37.6 Å². The van der Waals surface area contributed by atoms with Gasteiger partial charge < -0.3 is 10.6 Å². The first-order valence-electron chi connectivity index (χ1n) is 6.84. The first-order chi connectivity index (χ1) is 9.84. The van der Waals surface area contributed by atoms with Crippen LogP contribution < -0.4 is 10.6 Å². The Hall–Kier alpha value is -2.21. The Balaban J connectivity index is 1.79. The average molecular weight is 271 g/mol. The van der Waals surface area contributed by atoms with Gasteiger partial charge in [0.2, 0.25) is 5.91 Å². The summed E-state index contributed by atoms with van der Waals surface area (Å²) in [6.45, 7) is 0.900. The third-order valence-electron chi connectivity index (χ3n) is 3.39. The van der Waals surface area contributed by atoms with Crippen LogP contribution in [0.4, 0.5) is 5.69 Å². The molecule has 1 unspecified atom stereocenters. The van der Waals surface area contributed by atoms with E-state index in [1.54, 1.807) is 29.3 Å². The molecule has 2 N–H and O–H groups in total. The molecule has 0 aromatic carbocycles. The van der Waals surface area contributed by atoms with Crippen molar-refractivity contribution >= 4 is 11.6 Å². The summed E-state index contributed by atoms with van der Waals surface area (Å²) in [5.74, 6) is 0.618. The highest BCUT2D eigenvalue weighted by atomic mass is 16.2. The Bertz CT molecular complexity index is 575. The highest BCUT2D eigenvalue weighted by molar-refractivity contribution is 5.96. The zero-order chi connectivity index (χ0) is 13.8. The van der Waals surface area contributed by atoms with E-state index in [-0.39, 0.29) is 11.9 Å². The molecule has 0 saturated carbocycles. The van der Waals surface area contributed by atoms with Crippen LogP contribution in [0.15, 0.2) is 36.8 Å². The maximum absolute atomic E-state index is 12.3. The van der Waals surface area contributed by atoms with E-state index >= 15 is 0 Å². The molecule has 6 heteroatoms. The SMILES string of the molecule is O=C(Nc1cccnc1-n1cccn1)C1CCCCN1. The smallest absolute Gasteiger partial charge is 0.241 e. The number of hydrogen-bond acceptors (Lipinski definition) is 4. The summed E-state index contributed by atoms with van der Waals surface area (Å²) >= 11 is 0. The van der Waals surface area contributed by atoms with E-state index in [1.807, 2.05) is 12.1 Å². The van der Waals surface area contributed by atoms with Crippen molar-refractivity contribution in [3.8, 4) is 5.82 Å². The lowest BCUT2D eigenvalue weighted by atomic mass is 10.0. The zero-order valence-corrected chi connectivity index (χ0v) is 11.1. The number of carbonyl (C=O) groups is 1. The number of rotatable bonds is 3. The molecule has 3 rings (SSSR count). The minimum Gasteiger partial charge on any atom is -0.322 e. The second-order valence-corrected chi connectivity index (χ2v) is 4.82. The van der Waals surface area contributed by atoms with Crippen LogP contribution in [-0.2, 0) is 4.79 Å². The number of pyridine rings is 1. The summed E-state index contributed by atoms with van der Waals surface area (Å²) in [6.07, 6.45) is 8.27. The Labute approximate surface area is 117 Å². The van der Waals surface area contributed by atoms with Crippen molar-refractivity contribution in [3.05, 3.63) is 36.8 Å². The Kier molecular flexibility index (Phi) is 3.73. The van der Waals surface area contributed by atoms with Crippen LogP contribution in [0.5, 0.6) is 0 Å². The van der Waals surface area contributed by atoms with E-state index in [1.165, 1.54) is 0 Å². The quantitative estimate of drug-likeness (QED) is 0.884. The van der Waals surface area contributed by atoms with Crippen molar-refractivity contribution in [2.24, 2.45) is 0 Å². The van der Waals surface area contributed by atoms with Gasteiger partial charge in [0.1, 0.15) is 0 Å². The molecule has 3 heterocycles. The molecule has 1 saturated heterocycles. The van der Waals surface area contributed by atoms with E-state index in [0.29, 0.717) is 11.5 Å². The van der Waals surface area contributed by atoms with Gasteiger partial charge in [0.05, 0.1) is 11.7 Å². The molecule has 0 radical (unpaired) electrons. The van der Waals surface area contributed by atoms with Crippen molar-refractivity contribution in [1.82, 2.24) is 20.1 Å². The van der Waals surface area contributed by atoms with Gasteiger partial charge in [-0.15, -0.1) is 0 Å². The van der Waals surface area contributed by atoms with E-state index in [2.05, 4.69) is 20.7 Å². The molecule has 0 aliphatic carbocycles. The van der Waals surface area contributed by atoms with Crippen LogP contribution in [0, 0.1) is 0 Å². The number of amides is 1. The zero-order valence-electron chi connectivity index (χ0n) is 11.1. The number of hydrogen-bond donors (Lipinski definition) is 2. The molecule has 1 atom stereocenters. The molecule has 1 aliphatic heterocycles. The normalized spacial score (nSPS) is 18.7. The molecule has 2 aromatic heterocycles. The Morgan fingerprint density at radius 1 is 1.35 bits per heavy atom. The predicted octanol–water partition coefficient (Wildman–Crippen LogP) is 1.35. The second kappa shape index (κ2) is 5.83. The molecule has 20 heavy (non-hydrogen) atoms. The van der Waals surface area contributed by atoms with Crippen molar-refractivity contribution in [2.75, 3.05) is 11.9 Å². The fraction of sp³-hybridized carbons (Fsp3) is 0.357. The molecule has 1 fully saturated rings. The summed E-state index contributed by atoms with van der Waals surface area (Å²) in [6, 6.07) is 5.35. The van der Waals surface area contributed by atoms with Gasteiger partial charge in [0.25, 0.3) is 0 Å². The summed E-state index contributed by atoms with van der Waals surface area (Å²) in [5, 5.41) is 10.3. The van der Waals surface area contributed by atoms with Crippen LogP contribution in [0.3, 0.4) is 0 Å². The van der Waals surface area contributed by atoms with Crippen LogP contribution >= 0.6 is 0 Å². The van der Waals surface area contributed by atoms with Crippen LogP contribution in [0.1, 0.15) is 19.3 Å². The second-order valence-electron chi connectivity index (χ2n) is 4.82. The number of carbonyl (C=O) groups excluding carboxylic acids is 1. The van der Waals surface area contributed by atoms with Gasteiger partial charge in [0.15, 0.2) is 5.82 Å². The highest BCUT2D eigenvalue weighted by Crippen LogP contribution is 2.17. The Morgan fingerprint density at radius 3 is 3.05 bits per heavy atom. The molecule has 1 amide bonds. The maximum atomic E-state index is 12.3. The lowest BCUT2D eigenvalue weighted by Gasteiger charge is -2.22.